The maximum atomic E-state index is 12.5. The molecule has 2 atom stereocenters. The van der Waals surface area contributed by atoms with Crippen molar-refractivity contribution < 1.29 is 13.2 Å². The van der Waals surface area contributed by atoms with Crippen LogP contribution in [0.2, 0.25) is 0 Å². The average Bonchev–Trinajstić information content (AvgIpc) is 2.83. The molecule has 1 amide bonds. The molecule has 1 aliphatic heterocycles. The maximum absolute atomic E-state index is 12.5. The molecule has 1 aliphatic carbocycles. The minimum atomic E-state index is -3.27. The van der Waals surface area contributed by atoms with Gasteiger partial charge in [0.2, 0.25) is 15.9 Å². The minimum Gasteiger partial charge on any atom is -0.342 e. The summed E-state index contributed by atoms with van der Waals surface area (Å²) in [7, 11) is -3.27. The highest BCUT2D eigenvalue weighted by Crippen LogP contribution is 2.29. The number of nitrogens with zero attached hydrogens (tertiary/aromatic N) is 1. The molecule has 0 aromatic heterocycles. The van der Waals surface area contributed by atoms with E-state index in [1.807, 2.05) is 25.7 Å². The zero-order valence-electron chi connectivity index (χ0n) is 14.1. The lowest BCUT2D eigenvalue weighted by molar-refractivity contribution is -0.136. The molecule has 5 nitrogen and oxygen atoms in total. The number of hydrogen-bond acceptors (Lipinski definition) is 3. The first kappa shape index (κ1) is 17.7. The molecule has 2 rings (SSSR count). The van der Waals surface area contributed by atoms with Crippen molar-refractivity contribution in [1.82, 2.24) is 9.62 Å². The Balaban J connectivity index is 1.86. The monoisotopic (exact) mass is 330 g/mol. The zero-order chi connectivity index (χ0) is 16.4. The molecule has 0 spiro atoms. The maximum Gasteiger partial charge on any atom is 0.225 e. The molecule has 1 saturated carbocycles. The van der Waals surface area contributed by atoms with Gasteiger partial charge in [-0.25, -0.2) is 13.1 Å². The summed E-state index contributed by atoms with van der Waals surface area (Å²) in [6.45, 7) is 7.50. The highest BCUT2D eigenvalue weighted by atomic mass is 32.2. The largest absolute Gasteiger partial charge is 0.342 e. The van der Waals surface area contributed by atoms with Crippen LogP contribution in [0.5, 0.6) is 0 Å². The summed E-state index contributed by atoms with van der Waals surface area (Å²) in [5.74, 6) is 0.360. The van der Waals surface area contributed by atoms with Gasteiger partial charge in [0.05, 0.1) is 5.75 Å². The summed E-state index contributed by atoms with van der Waals surface area (Å²) in [5.41, 5.74) is -0.256. The molecule has 0 unspecified atom stereocenters. The fourth-order valence-corrected chi connectivity index (χ4v) is 5.50. The molecule has 0 bridgehead atoms. The third-order valence-corrected chi connectivity index (χ3v) is 6.36. The van der Waals surface area contributed by atoms with Crippen molar-refractivity contribution in [3.63, 3.8) is 0 Å². The third kappa shape index (κ3) is 5.23. The summed E-state index contributed by atoms with van der Waals surface area (Å²) in [4.78, 5) is 14.5. The van der Waals surface area contributed by atoms with E-state index in [0.717, 1.165) is 38.8 Å². The van der Waals surface area contributed by atoms with E-state index in [0.29, 0.717) is 6.42 Å². The highest BCUT2D eigenvalue weighted by molar-refractivity contribution is 7.89. The van der Waals surface area contributed by atoms with Crippen LogP contribution >= 0.6 is 0 Å². The fraction of sp³-hybridized carbons (Fsp3) is 0.938. The van der Waals surface area contributed by atoms with Gasteiger partial charge in [-0.2, -0.15) is 0 Å². The second-order valence-corrected chi connectivity index (χ2v) is 9.78. The number of sulfonamides is 1. The van der Waals surface area contributed by atoms with Crippen LogP contribution in [0.1, 0.15) is 59.3 Å². The first-order valence-electron chi connectivity index (χ1n) is 8.45. The SMILES string of the molecule is CC(C)(C)CS(=O)(=O)N[C@H]1CC[C@@H](C(=O)N2CCCCC2)C1. The van der Waals surface area contributed by atoms with E-state index in [4.69, 9.17) is 0 Å². The van der Waals surface area contributed by atoms with Gasteiger partial charge in [-0.05, 0) is 43.9 Å². The third-order valence-electron chi connectivity index (χ3n) is 4.42. The van der Waals surface area contributed by atoms with Crippen LogP contribution in [0, 0.1) is 11.3 Å². The van der Waals surface area contributed by atoms with E-state index in [1.165, 1.54) is 6.42 Å². The van der Waals surface area contributed by atoms with Gasteiger partial charge < -0.3 is 4.90 Å². The molecule has 2 aliphatic rings. The van der Waals surface area contributed by atoms with E-state index in [2.05, 4.69) is 4.72 Å². The van der Waals surface area contributed by atoms with Crippen LogP contribution in [0.3, 0.4) is 0 Å². The predicted octanol–water partition coefficient (Wildman–Crippen LogP) is 2.13. The Morgan fingerprint density at radius 2 is 1.77 bits per heavy atom. The normalized spacial score (nSPS) is 27.1. The number of carbonyl (C=O) groups is 1. The molecule has 1 saturated heterocycles. The second-order valence-electron chi connectivity index (χ2n) is 8.03. The number of piperidine rings is 1. The highest BCUT2D eigenvalue weighted by Gasteiger charge is 2.35. The summed E-state index contributed by atoms with van der Waals surface area (Å²) in [6.07, 6.45) is 5.63. The zero-order valence-corrected chi connectivity index (χ0v) is 14.9. The van der Waals surface area contributed by atoms with Gasteiger partial charge in [0.25, 0.3) is 0 Å². The Morgan fingerprint density at radius 1 is 1.14 bits per heavy atom. The van der Waals surface area contributed by atoms with Crippen LogP contribution in [-0.2, 0) is 14.8 Å². The van der Waals surface area contributed by atoms with Crippen molar-refractivity contribution in [2.24, 2.45) is 11.3 Å². The van der Waals surface area contributed by atoms with E-state index in [1.54, 1.807) is 0 Å². The lowest BCUT2D eigenvalue weighted by Crippen LogP contribution is -2.41. The van der Waals surface area contributed by atoms with E-state index in [-0.39, 0.29) is 29.0 Å². The molecule has 2 fully saturated rings. The van der Waals surface area contributed by atoms with Gasteiger partial charge in [-0.1, -0.05) is 20.8 Å². The Labute approximate surface area is 134 Å². The van der Waals surface area contributed by atoms with Gasteiger partial charge in [-0.15, -0.1) is 0 Å². The van der Waals surface area contributed by atoms with Crippen molar-refractivity contribution in [3.05, 3.63) is 0 Å². The molecule has 22 heavy (non-hydrogen) atoms. The topological polar surface area (TPSA) is 66.5 Å². The predicted molar refractivity (Wildman–Crippen MR) is 87.9 cm³/mol. The van der Waals surface area contributed by atoms with E-state index in [9.17, 15) is 13.2 Å². The number of rotatable bonds is 4. The van der Waals surface area contributed by atoms with Crippen molar-refractivity contribution in [2.75, 3.05) is 18.8 Å². The average molecular weight is 330 g/mol. The van der Waals surface area contributed by atoms with Gasteiger partial charge in [-0.3, -0.25) is 4.79 Å². The first-order chi connectivity index (χ1) is 10.2. The van der Waals surface area contributed by atoms with Gasteiger partial charge >= 0.3 is 0 Å². The minimum absolute atomic E-state index is 0.000404. The number of hydrogen-bond donors (Lipinski definition) is 1. The smallest absolute Gasteiger partial charge is 0.225 e. The summed E-state index contributed by atoms with van der Waals surface area (Å²) >= 11 is 0. The lowest BCUT2D eigenvalue weighted by atomic mass is 10.0. The number of amides is 1. The molecule has 128 valence electrons. The Bertz CT molecular complexity index is 490. The standard InChI is InChI=1S/C16H30N2O3S/c1-16(2,3)12-22(20,21)17-14-8-7-13(11-14)15(19)18-9-5-4-6-10-18/h13-14,17H,4-12H2,1-3H3/t13-,14+/m1/s1. The summed E-state index contributed by atoms with van der Waals surface area (Å²) in [5, 5.41) is 0. The Morgan fingerprint density at radius 3 is 2.36 bits per heavy atom. The molecule has 0 aromatic rings. The van der Waals surface area contributed by atoms with Crippen LogP contribution in [0.4, 0.5) is 0 Å². The molecule has 0 radical (unpaired) electrons. The van der Waals surface area contributed by atoms with Crippen molar-refractivity contribution in [3.8, 4) is 0 Å². The van der Waals surface area contributed by atoms with Crippen molar-refractivity contribution >= 4 is 15.9 Å². The molecular weight excluding hydrogens is 300 g/mol. The summed E-state index contributed by atoms with van der Waals surface area (Å²) < 4.78 is 27.1. The van der Waals surface area contributed by atoms with Gasteiger partial charge in [0, 0.05) is 25.0 Å². The molecule has 1 heterocycles. The van der Waals surface area contributed by atoms with Crippen molar-refractivity contribution in [2.45, 2.75) is 65.3 Å². The first-order valence-corrected chi connectivity index (χ1v) is 10.1. The van der Waals surface area contributed by atoms with Crippen LogP contribution in [0.15, 0.2) is 0 Å². The number of carbonyl (C=O) groups excluding carboxylic acids is 1. The fourth-order valence-electron chi connectivity index (χ4n) is 3.55. The molecule has 1 N–H and O–H groups in total. The lowest BCUT2D eigenvalue weighted by Gasteiger charge is -2.29. The Kier molecular flexibility index (Phi) is 5.54. The van der Waals surface area contributed by atoms with Gasteiger partial charge in [0.1, 0.15) is 0 Å². The number of likely N-dealkylation sites (tertiary alicyclic amines) is 1. The molecule has 0 aromatic carbocycles. The van der Waals surface area contributed by atoms with Gasteiger partial charge in [0.15, 0.2) is 0 Å². The number of nitrogens with one attached hydrogen (secondary N) is 1. The quantitative estimate of drug-likeness (QED) is 0.859. The molecular formula is C16H30N2O3S. The van der Waals surface area contributed by atoms with E-state index >= 15 is 0 Å². The van der Waals surface area contributed by atoms with E-state index < -0.39 is 10.0 Å². The van der Waals surface area contributed by atoms with Crippen LogP contribution in [-0.4, -0.2) is 44.1 Å². The summed E-state index contributed by atoms with van der Waals surface area (Å²) in [6, 6.07) is -0.0777. The Hall–Kier alpha value is -0.620. The second kappa shape index (κ2) is 6.87. The molecule has 6 heteroatoms. The van der Waals surface area contributed by atoms with Crippen LogP contribution < -0.4 is 4.72 Å². The van der Waals surface area contributed by atoms with Crippen molar-refractivity contribution in [1.29, 1.82) is 0 Å². The van der Waals surface area contributed by atoms with Crippen LogP contribution in [0.25, 0.3) is 0 Å².